The van der Waals surface area contributed by atoms with Crippen molar-refractivity contribution in [3.8, 4) is 0 Å². The molecular formula is C15H18F2. The maximum absolute atomic E-state index is 13.1. The standard InChI is InChI=1S/C15H18F2/c1-2-3-4-5-11-6-7-12-9-14(16)15(17)10-13(12)8-11/h8-10H,2-7H2,1H3. The van der Waals surface area contributed by atoms with Crippen LogP contribution in [0.2, 0.25) is 0 Å². The van der Waals surface area contributed by atoms with Gasteiger partial charge in [-0.2, -0.15) is 0 Å². The van der Waals surface area contributed by atoms with Crippen molar-refractivity contribution < 1.29 is 8.78 Å². The fourth-order valence-electron chi connectivity index (χ4n) is 2.34. The molecule has 0 amide bonds. The molecule has 0 spiro atoms. The molecule has 0 saturated carbocycles. The smallest absolute Gasteiger partial charge is 0.159 e. The van der Waals surface area contributed by atoms with Crippen LogP contribution in [-0.4, -0.2) is 0 Å². The molecule has 0 unspecified atom stereocenters. The topological polar surface area (TPSA) is 0 Å². The average Bonchev–Trinajstić information content (AvgIpc) is 2.31. The fourth-order valence-corrected chi connectivity index (χ4v) is 2.34. The molecule has 0 saturated heterocycles. The highest BCUT2D eigenvalue weighted by molar-refractivity contribution is 5.59. The molecule has 0 fully saturated rings. The number of aryl methyl sites for hydroxylation is 1. The zero-order valence-corrected chi connectivity index (χ0v) is 10.2. The van der Waals surface area contributed by atoms with Crippen molar-refractivity contribution >= 4 is 6.08 Å². The predicted octanol–water partition coefficient (Wildman–Crippen LogP) is 4.87. The summed E-state index contributed by atoms with van der Waals surface area (Å²) in [5.74, 6) is -1.47. The first kappa shape index (κ1) is 12.3. The van der Waals surface area contributed by atoms with E-state index >= 15 is 0 Å². The molecule has 1 aliphatic rings. The number of fused-ring (bicyclic) bond motifs is 1. The molecule has 1 aromatic carbocycles. The molecule has 0 radical (unpaired) electrons. The van der Waals surface area contributed by atoms with Crippen molar-refractivity contribution in [3.05, 3.63) is 40.5 Å². The molecule has 0 nitrogen and oxygen atoms in total. The lowest BCUT2D eigenvalue weighted by atomic mass is 9.89. The Hall–Kier alpha value is -1.18. The Morgan fingerprint density at radius 3 is 2.59 bits per heavy atom. The minimum atomic E-state index is -0.741. The van der Waals surface area contributed by atoms with Gasteiger partial charge in [-0.05, 0) is 48.9 Å². The van der Waals surface area contributed by atoms with Gasteiger partial charge in [0.2, 0.25) is 0 Å². The van der Waals surface area contributed by atoms with Gasteiger partial charge in [-0.1, -0.05) is 31.4 Å². The highest BCUT2D eigenvalue weighted by Gasteiger charge is 2.13. The van der Waals surface area contributed by atoms with E-state index < -0.39 is 11.6 Å². The largest absolute Gasteiger partial charge is 0.204 e. The molecule has 2 rings (SSSR count). The predicted molar refractivity (Wildman–Crippen MR) is 66.8 cm³/mol. The average molecular weight is 236 g/mol. The summed E-state index contributed by atoms with van der Waals surface area (Å²) in [6.07, 6.45) is 8.60. The SMILES string of the molecule is CCCCCC1=Cc2cc(F)c(F)cc2CC1. The zero-order valence-electron chi connectivity index (χ0n) is 10.2. The van der Waals surface area contributed by atoms with Gasteiger partial charge in [0, 0.05) is 0 Å². The molecule has 0 heterocycles. The van der Waals surface area contributed by atoms with E-state index in [-0.39, 0.29) is 0 Å². The summed E-state index contributed by atoms with van der Waals surface area (Å²) in [6, 6.07) is 2.66. The molecule has 0 atom stereocenters. The van der Waals surface area contributed by atoms with E-state index in [4.69, 9.17) is 0 Å². The van der Waals surface area contributed by atoms with Crippen LogP contribution in [-0.2, 0) is 6.42 Å². The second-order valence-corrected chi connectivity index (χ2v) is 4.72. The molecule has 2 heteroatoms. The van der Waals surface area contributed by atoms with Crippen LogP contribution in [0.4, 0.5) is 8.78 Å². The van der Waals surface area contributed by atoms with Crippen LogP contribution in [0.25, 0.3) is 6.08 Å². The summed E-state index contributed by atoms with van der Waals surface area (Å²) in [5, 5.41) is 0. The molecule has 0 aromatic heterocycles. The molecule has 1 aliphatic carbocycles. The molecule has 17 heavy (non-hydrogen) atoms. The molecule has 0 N–H and O–H groups in total. The Labute approximate surface area is 101 Å². The van der Waals surface area contributed by atoms with Gasteiger partial charge >= 0.3 is 0 Å². The van der Waals surface area contributed by atoms with Gasteiger partial charge in [0.05, 0.1) is 0 Å². The van der Waals surface area contributed by atoms with E-state index in [0.717, 1.165) is 30.4 Å². The number of allylic oxidation sites excluding steroid dienone is 1. The van der Waals surface area contributed by atoms with E-state index in [2.05, 4.69) is 6.92 Å². The van der Waals surface area contributed by atoms with E-state index in [9.17, 15) is 8.78 Å². The zero-order chi connectivity index (χ0) is 12.3. The quantitative estimate of drug-likeness (QED) is 0.654. The third-order valence-corrected chi connectivity index (χ3v) is 3.36. The third kappa shape index (κ3) is 2.93. The number of rotatable bonds is 4. The Balaban J connectivity index is 2.14. The molecule has 0 bridgehead atoms. The maximum atomic E-state index is 13.1. The van der Waals surface area contributed by atoms with Crippen LogP contribution in [0.5, 0.6) is 0 Å². The molecule has 0 aliphatic heterocycles. The Morgan fingerprint density at radius 1 is 1.06 bits per heavy atom. The van der Waals surface area contributed by atoms with Crippen molar-refractivity contribution in [2.45, 2.75) is 45.4 Å². The lowest BCUT2D eigenvalue weighted by Gasteiger charge is -2.16. The summed E-state index contributed by atoms with van der Waals surface area (Å²) in [4.78, 5) is 0. The molecule has 92 valence electrons. The van der Waals surface area contributed by atoms with Crippen LogP contribution in [0.3, 0.4) is 0 Å². The molecule has 1 aromatic rings. The maximum Gasteiger partial charge on any atom is 0.159 e. The van der Waals surface area contributed by atoms with E-state index in [1.807, 2.05) is 6.08 Å². The lowest BCUT2D eigenvalue weighted by Crippen LogP contribution is -2.02. The highest BCUT2D eigenvalue weighted by atomic mass is 19.2. The van der Waals surface area contributed by atoms with Crippen LogP contribution >= 0.6 is 0 Å². The van der Waals surface area contributed by atoms with Crippen LogP contribution in [0, 0.1) is 11.6 Å². The Bertz CT molecular complexity index is 433. The van der Waals surface area contributed by atoms with Crippen LogP contribution in [0.15, 0.2) is 17.7 Å². The van der Waals surface area contributed by atoms with Gasteiger partial charge < -0.3 is 0 Å². The van der Waals surface area contributed by atoms with E-state index in [1.165, 1.54) is 37.0 Å². The fraction of sp³-hybridized carbons (Fsp3) is 0.467. The van der Waals surface area contributed by atoms with Crippen LogP contribution < -0.4 is 0 Å². The second-order valence-electron chi connectivity index (χ2n) is 4.72. The van der Waals surface area contributed by atoms with Gasteiger partial charge in [-0.15, -0.1) is 0 Å². The van der Waals surface area contributed by atoms with Gasteiger partial charge in [-0.25, -0.2) is 8.78 Å². The first-order valence-electron chi connectivity index (χ1n) is 6.38. The van der Waals surface area contributed by atoms with Crippen LogP contribution in [0.1, 0.15) is 50.2 Å². The summed E-state index contributed by atoms with van der Waals surface area (Å²) >= 11 is 0. The Morgan fingerprint density at radius 2 is 1.82 bits per heavy atom. The van der Waals surface area contributed by atoms with Crippen molar-refractivity contribution in [2.75, 3.05) is 0 Å². The van der Waals surface area contributed by atoms with Gasteiger partial charge in [0.1, 0.15) is 0 Å². The number of halogens is 2. The van der Waals surface area contributed by atoms with Crippen molar-refractivity contribution in [1.29, 1.82) is 0 Å². The number of unbranched alkanes of at least 4 members (excludes halogenated alkanes) is 2. The summed E-state index contributed by atoms with van der Waals surface area (Å²) in [7, 11) is 0. The number of hydrogen-bond donors (Lipinski definition) is 0. The Kier molecular flexibility index (Phi) is 3.93. The first-order valence-corrected chi connectivity index (χ1v) is 6.38. The normalized spacial score (nSPS) is 14.4. The first-order chi connectivity index (χ1) is 8.20. The van der Waals surface area contributed by atoms with Crippen molar-refractivity contribution in [3.63, 3.8) is 0 Å². The van der Waals surface area contributed by atoms with E-state index in [1.54, 1.807) is 0 Å². The highest BCUT2D eigenvalue weighted by Crippen LogP contribution is 2.28. The number of hydrogen-bond acceptors (Lipinski definition) is 0. The minimum absolute atomic E-state index is 0.730. The molecular weight excluding hydrogens is 218 g/mol. The monoisotopic (exact) mass is 236 g/mol. The van der Waals surface area contributed by atoms with Gasteiger partial charge in [-0.3, -0.25) is 0 Å². The second kappa shape index (κ2) is 5.44. The van der Waals surface area contributed by atoms with Crippen molar-refractivity contribution in [2.24, 2.45) is 0 Å². The van der Waals surface area contributed by atoms with Gasteiger partial charge in [0.15, 0.2) is 11.6 Å². The van der Waals surface area contributed by atoms with Gasteiger partial charge in [0.25, 0.3) is 0 Å². The number of benzene rings is 1. The summed E-state index contributed by atoms with van der Waals surface area (Å²) in [6.45, 7) is 2.18. The lowest BCUT2D eigenvalue weighted by molar-refractivity contribution is 0.506. The minimum Gasteiger partial charge on any atom is -0.204 e. The van der Waals surface area contributed by atoms with E-state index in [0.29, 0.717) is 0 Å². The summed E-state index contributed by atoms with van der Waals surface area (Å²) < 4.78 is 26.2. The van der Waals surface area contributed by atoms with Crippen molar-refractivity contribution in [1.82, 2.24) is 0 Å². The third-order valence-electron chi connectivity index (χ3n) is 3.36. The summed E-state index contributed by atoms with van der Waals surface area (Å²) in [5.41, 5.74) is 3.17.